The number of pyridine rings is 1. The molecule has 0 fully saturated rings. The maximum atomic E-state index is 13.1. The molecule has 21 heavy (non-hydrogen) atoms. The Morgan fingerprint density at radius 3 is 2.81 bits per heavy atom. The van der Waals surface area contributed by atoms with Gasteiger partial charge in [0, 0.05) is 11.8 Å². The van der Waals surface area contributed by atoms with E-state index in [-0.39, 0.29) is 17.9 Å². The monoisotopic (exact) mass is 291 g/mol. The molecular weight excluding hydrogens is 277 g/mol. The van der Waals surface area contributed by atoms with Crippen LogP contribution in [0.5, 0.6) is 11.5 Å². The van der Waals surface area contributed by atoms with E-state index in [1.165, 1.54) is 18.3 Å². The van der Waals surface area contributed by atoms with Crippen LogP contribution in [-0.4, -0.2) is 22.7 Å². The molecule has 110 valence electrons. The number of nitrogens with zero attached hydrogens (tertiary/aromatic N) is 1. The van der Waals surface area contributed by atoms with Crippen LogP contribution in [0.15, 0.2) is 36.7 Å². The maximum Gasteiger partial charge on any atom is 0.339 e. The van der Waals surface area contributed by atoms with Crippen LogP contribution in [0.2, 0.25) is 0 Å². The van der Waals surface area contributed by atoms with E-state index in [9.17, 15) is 14.3 Å². The first kappa shape index (κ1) is 14.8. The molecule has 0 aliphatic carbocycles. The second kappa shape index (κ2) is 6.69. The first-order valence-corrected chi connectivity index (χ1v) is 6.33. The molecule has 1 heterocycles. The van der Waals surface area contributed by atoms with Gasteiger partial charge in [0.25, 0.3) is 0 Å². The quantitative estimate of drug-likeness (QED) is 0.886. The third-order valence-electron chi connectivity index (χ3n) is 2.65. The van der Waals surface area contributed by atoms with Gasteiger partial charge in [-0.15, -0.1) is 0 Å². The number of hydrogen-bond donors (Lipinski definition) is 1. The third-order valence-corrected chi connectivity index (χ3v) is 2.65. The van der Waals surface area contributed by atoms with Crippen molar-refractivity contribution in [2.24, 2.45) is 0 Å². The summed E-state index contributed by atoms with van der Waals surface area (Å²) in [6, 6.07) is 5.89. The second-order valence-electron chi connectivity index (χ2n) is 4.17. The second-order valence-corrected chi connectivity index (χ2v) is 4.17. The molecule has 2 rings (SSSR count). The van der Waals surface area contributed by atoms with Crippen molar-refractivity contribution < 1.29 is 23.8 Å². The van der Waals surface area contributed by atoms with Crippen molar-refractivity contribution in [2.75, 3.05) is 6.61 Å². The molecule has 0 radical (unpaired) electrons. The molecule has 0 atom stereocenters. The van der Waals surface area contributed by atoms with E-state index in [1.54, 1.807) is 19.1 Å². The number of hydrogen-bond acceptors (Lipinski definition) is 4. The van der Waals surface area contributed by atoms with Crippen molar-refractivity contribution in [2.45, 2.75) is 13.5 Å². The molecule has 0 aliphatic heterocycles. The minimum Gasteiger partial charge on any atom is -0.490 e. The molecule has 0 unspecified atom stereocenters. The van der Waals surface area contributed by atoms with Crippen molar-refractivity contribution in [3.8, 4) is 11.5 Å². The van der Waals surface area contributed by atoms with Crippen molar-refractivity contribution in [1.82, 2.24) is 4.98 Å². The number of carbonyl (C=O) groups is 1. The average Bonchev–Trinajstić information content (AvgIpc) is 2.46. The molecular formula is C15H14FNO4. The van der Waals surface area contributed by atoms with Gasteiger partial charge in [-0.1, -0.05) is 6.07 Å². The van der Waals surface area contributed by atoms with E-state index in [0.717, 1.165) is 6.20 Å². The molecule has 1 N–H and O–H groups in total. The predicted octanol–water partition coefficient (Wildman–Crippen LogP) is 2.90. The first-order chi connectivity index (χ1) is 10.1. The fourth-order valence-electron chi connectivity index (χ4n) is 1.79. The average molecular weight is 291 g/mol. The van der Waals surface area contributed by atoms with Gasteiger partial charge in [-0.25, -0.2) is 9.18 Å². The van der Waals surface area contributed by atoms with E-state index in [2.05, 4.69) is 4.98 Å². The summed E-state index contributed by atoms with van der Waals surface area (Å²) in [7, 11) is 0. The largest absolute Gasteiger partial charge is 0.490 e. The Kier molecular flexibility index (Phi) is 4.71. The predicted molar refractivity (Wildman–Crippen MR) is 73.1 cm³/mol. The summed E-state index contributed by atoms with van der Waals surface area (Å²) < 4.78 is 23.9. The fraction of sp³-hybridized carbons (Fsp3) is 0.200. The molecule has 0 saturated heterocycles. The molecule has 5 nitrogen and oxygen atoms in total. The third kappa shape index (κ3) is 3.68. The van der Waals surface area contributed by atoms with E-state index in [0.29, 0.717) is 17.9 Å². The number of ether oxygens (including phenoxy) is 2. The van der Waals surface area contributed by atoms with Gasteiger partial charge in [0.1, 0.15) is 18.0 Å². The molecule has 0 spiro atoms. The lowest BCUT2D eigenvalue weighted by atomic mass is 10.2. The Hall–Kier alpha value is -2.63. The standard InChI is InChI=1S/C15H14FNO4/c1-2-20-13-5-3-4-12(15(18)19)14(13)21-9-10-6-11(16)8-17-7-10/h3-8H,2,9H2,1H3,(H,18,19). The van der Waals surface area contributed by atoms with Crippen LogP contribution in [0.1, 0.15) is 22.8 Å². The smallest absolute Gasteiger partial charge is 0.339 e. The van der Waals surface area contributed by atoms with Gasteiger partial charge in [-0.05, 0) is 25.1 Å². The van der Waals surface area contributed by atoms with Crippen molar-refractivity contribution in [3.63, 3.8) is 0 Å². The summed E-state index contributed by atoms with van der Waals surface area (Å²) in [5.74, 6) is -1.14. The summed E-state index contributed by atoms with van der Waals surface area (Å²) in [6.45, 7) is 2.16. The topological polar surface area (TPSA) is 68.7 Å². The molecule has 1 aromatic heterocycles. The molecule has 0 saturated carbocycles. The minimum absolute atomic E-state index is 0.00483. The number of benzene rings is 1. The van der Waals surface area contributed by atoms with Crippen LogP contribution in [-0.2, 0) is 6.61 Å². The van der Waals surface area contributed by atoms with Crippen LogP contribution in [0.3, 0.4) is 0 Å². The number of aromatic carboxylic acids is 1. The number of aromatic nitrogens is 1. The van der Waals surface area contributed by atoms with Gasteiger partial charge in [-0.2, -0.15) is 0 Å². The molecule has 0 aliphatic rings. The molecule has 0 bridgehead atoms. The Morgan fingerprint density at radius 1 is 1.33 bits per heavy atom. The van der Waals surface area contributed by atoms with Gasteiger partial charge in [0.15, 0.2) is 11.5 Å². The van der Waals surface area contributed by atoms with Crippen LogP contribution in [0, 0.1) is 5.82 Å². The Labute approximate surface area is 121 Å². The van der Waals surface area contributed by atoms with Crippen molar-refractivity contribution >= 4 is 5.97 Å². The lowest BCUT2D eigenvalue weighted by Crippen LogP contribution is -2.06. The maximum absolute atomic E-state index is 13.1. The van der Waals surface area contributed by atoms with Crippen molar-refractivity contribution in [1.29, 1.82) is 0 Å². The highest BCUT2D eigenvalue weighted by Crippen LogP contribution is 2.32. The van der Waals surface area contributed by atoms with Crippen LogP contribution in [0.25, 0.3) is 0 Å². The van der Waals surface area contributed by atoms with E-state index >= 15 is 0 Å². The molecule has 1 aromatic carbocycles. The lowest BCUT2D eigenvalue weighted by molar-refractivity contribution is 0.0690. The number of halogens is 1. The van der Waals surface area contributed by atoms with E-state index < -0.39 is 11.8 Å². The lowest BCUT2D eigenvalue weighted by Gasteiger charge is -2.14. The summed E-state index contributed by atoms with van der Waals surface area (Å²) in [5, 5.41) is 9.19. The van der Waals surface area contributed by atoms with Gasteiger partial charge >= 0.3 is 5.97 Å². The Balaban J connectivity index is 2.26. The number of carboxylic acids is 1. The normalized spacial score (nSPS) is 10.2. The molecule has 6 heteroatoms. The van der Waals surface area contributed by atoms with Gasteiger partial charge in [0.05, 0.1) is 12.8 Å². The highest BCUT2D eigenvalue weighted by atomic mass is 19.1. The number of para-hydroxylation sites is 1. The zero-order valence-corrected chi connectivity index (χ0v) is 11.4. The molecule has 2 aromatic rings. The summed E-state index contributed by atoms with van der Waals surface area (Å²) >= 11 is 0. The highest BCUT2D eigenvalue weighted by molar-refractivity contribution is 5.92. The zero-order chi connectivity index (χ0) is 15.2. The number of carboxylic acid groups (broad SMARTS) is 1. The summed E-state index contributed by atoms with van der Waals surface area (Å²) in [5.41, 5.74) is 0.489. The zero-order valence-electron chi connectivity index (χ0n) is 11.4. The Morgan fingerprint density at radius 2 is 2.14 bits per heavy atom. The fourth-order valence-corrected chi connectivity index (χ4v) is 1.79. The van der Waals surface area contributed by atoms with Crippen LogP contribution < -0.4 is 9.47 Å². The van der Waals surface area contributed by atoms with Gasteiger partial charge < -0.3 is 14.6 Å². The minimum atomic E-state index is -1.12. The van der Waals surface area contributed by atoms with E-state index in [4.69, 9.17) is 9.47 Å². The van der Waals surface area contributed by atoms with Crippen LogP contribution >= 0.6 is 0 Å². The van der Waals surface area contributed by atoms with Gasteiger partial charge in [0.2, 0.25) is 0 Å². The SMILES string of the molecule is CCOc1cccc(C(=O)O)c1OCc1cncc(F)c1. The summed E-state index contributed by atoms with van der Waals surface area (Å²) in [4.78, 5) is 14.9. The first-order valence-electron chi connectivity index (χ1n) is 6.33. The van der Waals surface area contributed by atoms with Crippen LogP contribution in [0.4, 0.5) is 4.39 Å². The highest BCUT2D eigenvalue weighted by Gasteiger charge is 2.16. The van der Waals surface area contributed by atoms with Gasteiger partial charge in [-0.3, -0.25) is 4.98 Å². The van der Waals surface area contributed by atoms with Crippen molar-refractivity contribution in [3.05, 3.63) is 53.6 Å². The summed E-state index contributed by atoms with van der Waals surface area (Å²) in [6.07, 6.45) is 2.53. The number of rotatable bonds is 6. The Bertz CT molecular complexity index is 645. The molecule has 0 amide bonds. The van der Waals surface area contributed by atoms with E-state index in [1.807, 2.05) is 0 Å².